The fourth-order valence-corrected chi connectivity index (χ4v) is 1.58. The molecule has 0 spiro atoms. The summed E-state index contributed by atoms with van der Waals surface area (Å²) in [5, 5.41) is -0.940. The predicted molar refractivity (Wildman–Crippen MR) is 42.0 cm³/mol. The van der Waals surface area contributed by atoms with E-state index in [4.69, 9.17) is 0 Å². The number of rotatable bonds is 2. The Morgan fingerprint density at radius 1 is 1.33 bits per heavy atom. The summed E-state index contributed by atoms with van der Waals surface area (Å²) in [6.07, 6.45) is 0.458. The van der Waals surface area contributed by atoms with Crippen molar-refractivity contribution in [3.63, 3.8) is 0 Å². The third-order valence-electron chi connectivity index (χ3n) is 1.84. The van der Waals surface area contributed by atoms with Gasteiger partial charge in [0.05, 0.1) is 5.16 Å². The molecule has 5 heteroatoms. The second-order valence-electron chi connectivity index (χ2n) is 3.28. The van der Waals surface area contributed by atoms with Crippen molar-refractivity contribution in [3.8, 4) is 0 Å². The molecule has 0 aromatic carbocycles. The maximum Gasteiger partial charge on any atom is 0.323 e. The molecular formula is C7H10FNO2Si. The highest BCUT2D eigenvalue weighted by Gasteiger charge is 2.41. The molecule has 0 unspecified atom stereocenters. The zero-order chi connectivity index (χ0) is 9.35. The number of carbonyl (C=O) groups excluding carboxylic acids is 2. The molecule has 66 valence electrons. The van der Waals surface area contributed by atoms with Gasteiger partial charge in [-0.2, -0.15) is 0 Å². The number of carbonyl (C=O) groups is 2. The number of hydrogen-bond acceptors (Lipinski definition) is 2. The standard InChI is InChI=1S/C7H10FNO2Si/c1-7(2,12-8)9-5(10)3-4-6(9)11/h3-4H2,1-2H3. The molecule has 12 heavy (non-hydrogen) atoms. The lowest BCUT2D eigenvalue weighted by molar-refractivity contribution is -0.141. The lowest BCUT2D eigenvalue weighted by Crippen LogP contribution is -2.50. The zero-order valence-electron chi connectivity index (χ0n) is 7.06. The van der Waals surface area contributed by atoms with Gasteiger partial charge in [0.1, 0.15) is 0 Å². The Morgan fingerprint density at radius 3 is 2.08 bits per heavy atom. The van der Waals surface area contributed by atoms with E-state index in [9.17, 15) is 13.7 Å². The van der Waals surface area contributed by atoms with Gasteiger partial charge in [0, 0.05) is 12.8 Å². The molecule has 0 atom stereocenters. The largest absolute Gasteiger partial charge is 0.323 e. The Bertz CT molecular complexity index is 213. The summed E-state index contributed by atoms with van der Waals surface area (Å²) in [7, 11) is -0.925. The normalized spacial score (nSPS) is 19.1. The van der Waals surface area contributed by atoms with Gasteiger partial charge in [-0.05, 0) is 13.8 Å². The molecule has 0 N–H and O–H groups in total. The SMILES string of the molecule is CC(C)([Si]F)N1C(=O)CCC1=O. The van der Waals surface area contributed by atoms with Crippen LogP contribution in [-0.2, 0) is 9.59 Å². The summed E-state index contributed by atoms with van der Waals surface area (Å²) in [6, 6.07) is 0. The Hall–Kier alpha value is -0.713. The monoisotopic (exact) mass is 187 g/mol. The first-order chi connectivity index (χ1) is 5.49. The molecular weight excluding hydrogens is 177 g/mol. The molecule has 0 aromatic heterocycles. The summed E-state index contributed by atoms with van der Waals surface area (Å²) in [5.41, 5.74) is 0. The Kier molecular flexibility index (Phi) is 2.32. The van der Waals surface area contributed by atoms with E-state index in [2.05, 4.69) is 0 Å². The van der Waals surface area contributed by atoms with Crippen LogP contribution in [0.2, 0.25) is 0 Å². The Morgan fingerprint density at radius 2 is 1.75 bits per heavy atom. The lowest BCUT2D eigenvalue weighted by atomic mass is 10.3. The number of amides is 2. The van der Waals surface area contributed by atoms with E-state index in [-0.39, 0.29) is 24.7 Å². The topological polar surface area (TPSA) is 37.4 Å². The molecule has 3 nitrogen and oxygen atoms in total. The molecule has 1 saturated heterocycles. The Labute approximate surface area is 72.9 Å². The van der Waals surface area contributed by atoms with Gasteiger partial charge in [0.15, 0.2) is 0 Å². The van der Waals surface area contributed by atoms with Gasteiger partial charge in [-0.25, -0.2) is 0 Å². The summed E-state index contributed by atoms with van der Waals surface area (Å²) in [6.45, 7) is 3.12. The number of halogens is 1. The van der Waals surface area contributed by atoms with Crippen molar-refractivity contribution >= 4 is 21.7 Å². The van der Waals surface area contributed by atoms with Crippen molar-refractivity contribution in [1.29, 1.82) is 0 Å². The minimum Gasteiger partial charge on any atom is -0.312 e. The molecule has 0 bridgehead atoms. The summed E-state index contributed by atoms with van der Waals surface area (Å²) in [5.74, 6) is -0.509. The molecule has 0 aliphatic carbocycles. The van der Waals surface area contributed by atoms with Crippen molar-refractivity contribution < 1.29 is 13.7 Å². The van der Waals surface area contributed by atoms with Gasteiger partial charge in [0.25, 0.3) is 0 Å². The second-order valence-corrected chi connectivity index (χ2v) is 4.69. The van der Waals surface area contributed by atoms with E-state index >= 15 is 0 Å². The van der Waals surface area contributed by atoms with Crippen LogP contribution in [0.3, 0.4) is 0 Å². The first-order valence-corrected chi connectivity index (χ1v) is 4.60. The molecule has 1 rings (SSSR count). The third kappa shape index (κ3) is 1.41. The van der Waals surface area contributed by atoms with Gasteiger partial charge in [-0.3, -0.25) is 14.5 Å². The predicted octanol–water partition coefficient (Wildman–Crippen LogP) is 0.460. The third-order valence-corrected chi connectivity index (χ3v) is 2.53. The molecule has 0 saturated carbocycles. The van der Waals surface area contributed by atoms with Crippen LogP contribution in [0.5, 0.6) is 0 Å². The van der Waals surface area contributed by atoms with Crippen LogP contribution < -0.4 is 0 Å². The molecule has 1 fully saturated rings. The number of likely N-dealkylation sites (tertiary alicyclic amines) is 1. The van der Waals surface area contributed by atoms with Gasteiger partial charge in [-0.1, -0.05) is 0 Å². The molecule has 0 aromatic rings. The molecule has 1 aliphatic rings. The van der Waals surface area contributed by atoms with Gasteiger partial charge in [-0.15, -0.1) is 0 Å². The van der Waals surface area contributed by atoms with Crippen molar-refractivity contribution in [2.75, 3.05) is 0 Å². The number of hydrogen-bond donors (Lipinski definition) is 0. The maximum atomic E-state index is 12.5. The minimum absolute atomic E-state index is 0.229. The average Bonchev–Trinajstić information content (AvgIpc) is 2.31. The summed E-state index contributed by atoms with van der Waals surface area (Å²) >= 11 is 0. The van der Waals surface area contributed by atoms with Crippen LogP contribution in [0.15, 0.2) is 0 Å². The molecule has 1 aliphatic heterocycles. The van der Waals surface area contributed by atoms with Crippen LogP contribution in [0.4, 0.5) is 4.11 Å². The van der Waals surface area contributed by atoms with Crippen LogP contribution in [0, 0.1) is 0 Å². The first-order valence-electron chi connectivity index (χ1n) is 3.73. The van der Waals surface area contributed by atoms with E-state index in [1.807, 2.05) is 0 Å². The molecule has 1 heterocycles. The fourth-order valence-electron chi connectivity index (χ4n) is 1.24. The Balaban J connectivity index is 2.86. The maximum absolute atomic E-state index is 12.5. The van der Waals surface area contributed by atoms with E-state index in [0.717, 1.165) is 4.90 Å². The highest BCUT2D eigenvalue weighted by Crippen LogP contribution is 2.22. The van der Waals surface area contributed by atoms with Crippen LogP contribution in [-0.4, -0.2) is 31.7 Å². The van der Waals surface area contributed by atoms with Gasteiger partial charge >= 0.3 is 9.85 Å². The van der Waals surface area contributed by atoms with Crippen LogP contribution >= 0.6 is 0 Å². The van der Waals surface area contributed by atoms with Crippen LogP contribution in [0.25, 0.3) is 0 Å². The summed E-state index contributed by atoms with van der Waals surface area (Å²) in [4.78, 5) is 23.3. The lowest BCUT2D eigenvalue weighted by Gasteiger charge is -2.29. The second kappa shape index (κ2) is 2.97. The number of nitrogens with zero attached hydrogens (tertiary/aromatic N) is 1. The molecule has 2 amide bonds. The van der Waals surface area contributed by atoms with Crippen molar-refractivity contribution in [2.45, 2.75) is 31.9 Å². The van der Waals surface area contributed by atoms with Crippen molar-refractivity contribution in [2.24, 2.45) is 0 Å². The van der Waals surface area contributed by atoms with Crippen molar-refractivity contribution in [3.05, 3.63) is 0 Å². The fraction of sp³-hybridized carbons (Fsp3) is 0.714. The van der Waals surface area contributed by atoms with Crippen LogP contribution in [0.1, 0.15) is 26.7 Å². The van der Waals surface area contributed by atoms with E-state index < -0.39 is 15.0 Å². The minimum atomic E-state index is -0.940. The number of imide groups is 1. The zero-order valence-corrected chi connectivity index (χ0v) is 8.06. The average molecular weight is 187 g/mol. The van der Waals surface area contributed by atoms with Gasteiger partial charge < -0.3 is 4.11 Å². The highest BCUT2D eigenvalue weighted by atomic mass is 28.3. The molecule has 2 radical (unpaired) electrons. The van der Waals surface area contributed by atoms with E-state index in [1.54, 1.807) is 13.8 Å². The smallest absolute Gasteiger partial charge is 0.312 e. The summed E-state index contributed by atoms with van der Waals surface area (Å²) < 4.78 is 12.5. The first kappa shape index (κ1) is 9.38. The van der Waals surface area contributed by atoms with E-state index in [1.165, 1.54) is 0 Å². The quantitative estimate of drug-likeness (QED) is 0.358. The van der Waals surface area contributed by atoms with Crippen molar-refractivity contribution in [1.82, 2.24) is 4.90 Å². The van der Waals surface area contributed by atoms with E-state index in [0.29, 0.717) is 0 Å². The van der Waals surface area contributed by atoms with Gasteiger partial charge in [0.2, 0.25) is 11.8 Å². The highest BCUT2D eigenvalue weighted by molar-refractivity contribution is 6.33.